The number of amides is 2. The van der Waals surface area contributed by atoms with Gasteiger partial charge in [0, 0.05) is 6.42 Å². The number of fused-ring (bicyclic) bond motifs is 1. The summed E-state index contributed by atoms with van der Waals surface area (Å²) in [5.74, 6) is -0.804. The lowest BCUT2D eigenvalue weighted by Gasteiger charge is -2.31. The van der Waals surface area contributed by atoms with Gasteiger partial charge >= 0.3 is 0 Å². The number of hydrogen-bond acceptors (Lipinski definition) is 5. The molecule has 2 aromatic rings. The standard InChI is InChI=1S/C24H19N3O3/c1-30-18-8-10-19-15(11-18)7-9-20(23(19)16(13-25)14-26)21-12-22(28)27(24(21)29)17-5-3-2-4-6-17/h2-6,8,10-11,20-21H,7,9,12H2,1H3/t20-,21+/m0/s1. The van der Waals surface area contributed by atoms with Crippen molar-refractivity contribution >= 4 is 23.1 Å². The lowest BCUT2D eigenvalue weighted by molar-refractivity contribution is -0.122. The molecule has 30 heavy (non-hydrogen) atoms. The Labute approximate surface area is 174 Å². The molecule has 1 heterocycles. The minimum Gasteiger partial charge on any atom is -0.497 e. The minimum absolute atomic E-state index is 0.00970. The number of aryl methyl sites for hydroxylation is 1. The zero-order valence-electron chi connectivity index (χ0n) is 16.5. The summed E-state index contributed by atoms with van der Waals surface area (Å²) in [6.45, 7) is 0. The molecule has 2 aliphatic rings. The Hall–Kier alpha value is -3.90. The van der Waals surface area contributed by atoms with Gasteiger partial charge in [-0.05, 0) is 59.7 Å². The molecule has 0 saturated carbocycles. The number of methoxy groups -OCH3 is 1. The SMILES string of the molecule is COc1ccc2c(c1)CC[C@@H]([C@H]1CC(=O)N(c3ccccc3)C1=O)C2=C(C#N)C#N. The Morgan fingerprint density at radius 3 is 2.47 bits per heavy atom. The van der Waals surface area contributed by atoms with E-state index in [1.807, 2.05) is 30.3 Å². The van der Waals surface area contributed by atoms with Crippen LogP contribution in [0.4, 0.5) is 5.69 Å². The number of rotatable bonds is 3. The monoisotopic (exact) mass is 397 g/mol. The van der Waals surface area contributed by atoms with Gasteiger partial charge in [-0.2, -0.15) is 10.5 Å². The smallest absolute Gasteiger partial charge is 0.238 e. The molecule has 0 radical (unpaired) electrons. The van der Waals surface area contributed by atoms with Crippen molar-refractivity contribution in [2.45, 2.75) is 19.3 Å². The molecule has 1 saturated heterocycles. The van der Waals surface area contributed by atoms with Gasteiger partial charge in [0.1, 0.15) is 23.5 Å². The first-order valence-corrected chi connectivity index (χ1v) is 9.72. The Morgan fingerprint density at radius 1 is 1.07 bits per heavy atom. The second-order valence-electron chi connectivity index (χ2n) is 7.39. The number of anilines is 1. The topological polar surface area (TPSA) is 94.2 Å². The highest BCUT2D eigenvalue weighted by molar-refractivity contribution is 6.21. The molecule has 1 aliphatic heterocycles. The van der Waals surface area contributed by atoms with Crippen LogP contribution < -0.4 is 9.64 Å². The number of hydrogen-bond donors (Lipinski definition) is 0. The van der Waals surface area contributed by atoms with E-state index in [2.05, 4.69) is 0 Å². The van der Waals surface area contributed by atoms with Crippen LogP contribution in [0.1, 0.15) is 24.0 Å². The van der Waals surface area contributed by atoms with E-state index in [0.717, 1.165) is 11.1 Å². The van der Waals surface area contributed by atoms with Gasteiger partial charge in [0.25, 0.3) is 0 Å². The van der Waals surface area contributed by atoms with E-state index in [1.54, 1.807) is 37.4 Å². The Morgan fingerprint density at radius 2 is 1.80 bits per heavy atom. The summed E-state index contributed by atoms with van der Waals surface area (Å²) < 4.78 is 5.30. The van der Waals surface area contributed by atoms with Crippen molar-refractivity contribution in [1.82, 2.24) is 0 Å². The predicted octanol–water partition coefficient (Wildman–Crippen LogP) is 3.64. The summed E-state index contributed by atoms with van der Waals surface area (Å²) in [6, 6.07) is 18.3. The molecule has 0 N–H and O–H groups in total. The lowest BCUT2D eigenvalue weighted by Crippen LogP contribution is -2.33. The van der Waals surface area contributed by atoms with Gasteiger partial charge < -0.3 is 4.74 Å². The number of ether oxygens (including phenoxy) is 1. The van der Waals surface area contributed by atoms with Crippen molar-refractivity contribution in [2.75, 3.05) is 12.0 Å². The highest BCUT2D eigenvalue weighted by Gasteiger charge is 2.46. The van der Waals surface area contributed by atoms with E-state index >= 15 is 0 Å². The van der Waals surface area contributed by atoms with Crippen LogP contribution >= 0.6 is 0 Å². The van der Waals surface area contributed by atoms with Crippen molar-refractivity contribution in [1.29, 1.82) is 10.5 Å². The molecule has 2 aromatic carbocycles. The van der Waals surface area contributed by atoms with E-state index in [1.165, 1.54) is 4.90 Å². The molecular weight excluding hydrogens is 378 g/mol. The Kier molecular flexibility index (Phi) is 5.08. The Balaban J connectivity index is 1.78. The number of allylic oxidation sites excluding steroid dienone is 2. The van der Waals surface area contributed by atoms with Crippen molar-refractivity contribution < 1.29 is 14.3 Å². The number of nitriles is 2. The zero-order chi connectivity index (χ0) is 21.3. The van der Waals surface area contributed by atoms with E-state index in [9.17, 15) is 20.1 Å². The van der Waals surface area contributed by atoms with Crippen LogP contribution in [0.3, 0.4) is 0 Å². The van der Waals surface area contributed by atoms with Crippen LogP contribution in [0.5, 0.6) is 5.75 Å². The highest BCUT2D eigenvalue weighted by atomic mass is 16.5. The highest BCUT2D eigenvalue weighted by Crippen LogP contribution is 2.46. The maximum absolute atomic E-state index is 13.3. The van der Waals surface area contributed by atoms with Crippen LogP contribution in [0.25, 0.3) is 5.57 Å². The Bertz CT molecular complexity index is 1120. The zero-order valence-corrected chi connectivity index (χ0v) is 16.5. The van der Waals surface area contributed by atoms with E-state index in [4.69, 9.17) is 4.74 Å². The summed E-state index contributed by atoms with van der Waals surface area (Å²) in [4.78, 5) is 27.2. The number of carbonyl (C=O) groups excluding carboxylic acids is 2. The first-order chi connectivity index (χ1) is 14.6. The normalized spacial score (nSPS) is 20.4. The fourth-order valence-corrected chi connectivity index (χ4v) is 4.51. The number of imide groups is 1. The van der Waals surface area contributed by atoms with E-state index in [-0.39, 0.29) is 29.7 Å². The number of carbonyl (C=O) groups is 2. The van der Waals surface area contributed by atoms with Crippen molar-refractivity contribution in [3.63, 3.8) is 0 Å². The average Bonchev–Trinajstić information content (AvgIpc) is 3.08. The third-order valence-electron chi connectivity index (χ3n) is 5.87. The first kappa shape index (κ1) is 19.4. The predicted molar refractivity (Wildman–Crippen MR) is 110 cm³/mol. The second-order valence-corrected chi connectivity index (χ2v) is 7.39. The van der Waals surface area contributed by atoms with E-state index < -0.39 is 5.92 Å². The third-order valence-corrected chi connectivity index (χ3v) is 5.87. The summed E-state index contributed by atoms with van der Waals surface area (Å²) in [5.41, 5.74) is 2.85. The molecule has 1 fully saturated rings. The number of para-hydroxylation sites is 1. The summed E-state index contributed by atoms with van der Waals surface area (Å²) in [6.07, 6.45) is 1.32. The first-order valence-electron chi connectivity index (χ1n) is 9.72. The third kappa shape index (κ3) is 3.13. The molecule has 148 valence electrons. The van der Waals surface area contributed by atoms with Crippen LogP contribution in [-0.4, -0.2) is 18.9 Å². The maximum atomic E-state index is 13.3. The lowest BCUT2D eigenvalue weighted by atomic mass is 9.71. The minimum atomic E-state index is -0.598. The maximum Gasteiger partial charge on any atom is 0.238 e. The van der Waals surface area contributed by atoms with Gasteiger partial charge in [0.15, 0.2) is 0 Å². The fraction of sp³-hybridized carbons (Fsp3) is 0.250. The van der Waals surface area contributed by atoms with Crippen LogP contribution in [-0.2, 0) is 16.0 Å². The second kappa shape index (κ2) is 7.85. The molecule has 0 spiro atoms. The van der Waals surface area contributed by atoms with Crippen molar-refractivity contribution in [2.24, 2.45) is 11.8 Å². The van der Waals surface area contributed by atoms with Crippen LogP contribution in [0.2, 0.25) is 0 Å². The molecule has 2 atom stereocenters. The molecule has 6 heteroatoms. The van der Waals surface area contributed by atoms with Gasteiger partial charge in [-0.3, -0.25) is 14.5 Å². The van der Waals surface area contributed by atoms with Gasteiger partial charge in [-0.1, -0.05) is 24.3 Å². The molecule has 0 aromatic heterocycles. The van der Waals surface area contributed by atoms with Gasteiger partial charge in [0.2, 0.25) is 11.8 Å². The van der Waals surface area contributed by atoms with Crippen molar-refractivity contribution in [3.8, 4) is 17.9 Å². The quantitative estimate of drug-likeness (QED) is 0.582. The summed E-state index contributed by atoms with van der Waals surface area (Å²) in [7, 11) is 1.58. The number of nitrogens with zero attached hydrogens (tertiary/aromatic N) is 3. The average molecular weight is 397 g/mol. The van der Waals surface area contributed by atoms with Gasteiger partial charge in [0.05, 0.1) is 18.7 Å². The number of benzene rings is 2. The summed E-state index contributed by atoms with van der Waals surface area (Å²) >= 11 is 0. The molecule has 6 nitrogen and oxygen atoms in total. The molecule has 0 bridgehead atoms. The summed E-state index contributed by atoms with van der Waals surface area (Å²) in [5, 5.41) is 19.2. The molecule has 4 rings (SSSR count). The fourth-order valence-electron chi connectivity index (χ4n) is 4.51. The van der Waals surface area contributed by atoms with Crippen molar-refractivity contribution in [3.05, 3.63) is 65.2 Å². The van der Waals surface area contributed by atoms with Crippen LogP contribution in [0.15, 0.2) is 54.1 Å². The molecular formula is C24H19N3O3. The molecule has 0 unspecified atom stereocenters. The molecule has 1 aliphatic carbocycles. The van der Waals surface area contributed by atoms with Crippen LogP contribution in [0, 0.1) is 34.5 Å². The van der Waals surface area contributed by atoms with Gasteiger partial charge in [-0.15, -0.1) is 0 Å². The molecule has 2 amide bonds. The largest absolute Gasteiger partial charge is 0.497 e. The van der Waals surface area contributed by atoms with E-state index in [0.29, 0.717) is 29.9 Å². The van der Waals surface area contributed by atoms with Gasteiger partial charge in [-0.25, -0.2) is 0 Å².